The number of hydrogen-bond acceptors (Lipinski definition) is 2. The Morgan fingerprint density at radius 3 is 2.48 bits per heavy atom. The molecule has 1 aliphatic rings. The molecular weight excluding hydrogens is 330 g/mol. The van der Waals surface area contributed by atoms with Crippen LogP contribution >= 0.6 is 11.6 Å². The summed E-state index contributed by atoms with van der Waals surface area (Å²) in [5.74, 6) is 0.182. The Morgan fingerprint density at radius 1 is 0.960 bits per heavy atom. The molecule has 1 atom stereocenters. The van der Waals surface area contributed by atoms with Crippen LogP contribution in [0.5, 0.6) is 0 Å². The van der Waals surface area contributed by atoms with E-state index in [1.165, 1.54) is 16.7 Å². The summed E-state index contributed by atoms with van der Waals surface area (Å²) in [7, 11) is 0. The molecule has 3 aromatic carbocycles. The minimum absolute atomic E-state index is 0.0514. The van der Waals surface area contributed by atoms with Crippen LogP contribution in [0.25, 0.3) is 0 Å². The number of carbonyl (C=O) groups excluding carboxylic acids is 1. The van der Waals surface area contributed by atoms with Gasteiger partial charge in [0.2, 0.25) is 0 Å². The minimum atomic E-state index is 0.0514. The van der Waals surface area contributed by atoms with Gasteiger partial charge in [-0.3, -0.25) is 4.79 Å². The highest BCUT2D eigenvalue weighted by molar-refractivity contribution is 6.30. The van der Waals surface area contributed by atoms with Crippen molar-refractivity contribution in [2.24, 2.45) is 0 Å². The van der Waals surface area contributed by atoms with E-state index in [0.717, 1.165) is 11.4 Å². The topological polar surface area (TPSA) is 29.1 Å². The third-order valence-corrected chi connectivity index (χ3v) is 5.08. The molecular formula is C22H18ClNO. The van der Waals surface area contributed by atoms with Crippen molar-refractivity contribution in [1.82, 2.24) is 0 Å². The minimum Gasteiger partial charge on any atom is -0.355 e. The summed E-state index contributed by atoms with van der Waals surface area (Å²) in [6.45, 7) is 2.10. The second kappa shape index (κ2) is 6.38. The first-order chi connectivity index (χ1) is 12.1. The number of hydrogen-bond donors (Lipinski definition) is 1. The van der Waals surface area contributed by atoms with Gasteiger partial charge in [0.25, 0.3) is 0 Å². The molecule has 3 heteroatoms. The van der Waals surface area contributed by atoms with Crippen molar-refractivity contribution in [3.8, 4) is 0 Å². The molecule has 1 heterocycles. The lowest BCUT2D eigenvalue weighted by molar-refractivity contribution is 0.0977. The number of benzene rings is 3. The van der Waals surface area contributed by atoms with Gasteiger partial charge >= 0.3 is 0 Å². The van der Waals surface area contributed by atoms with Crippen LogP contribution in [0.2, 0.25) is 5.02 Å². The third kappa shape index (κ3) is 2.94. The van der Waals surface area contributed by atoms with E-state index >= 15 is 0 Å². The zero-order valence-corrected chi connectivity index (χ0v) is 14.7. The van der Waals surface area contributed by atoms with E-state index in [1.807, 2.05) is 12.1 Å². The van der Waals surface area contributed by atoms with Gasteiger partial charge in [0.1, 0.15) is 0 Å². The monoisotopic (exact) mass is 347 g/mol. The van der Waals surface area contributed by atoms with Crippen LogP contribution in [0.15, 0.2) is 66.7 Å². The van der Waals surface area contributed by atoms with E-state index in [2.05, 4.69) is 42.6 Å². The smallest absolute Gasteiger partial charge is 0.163 e. The molecule has 0 amide bonds. The number of nitrogens with one attached hydrogen (secondary N) is 1. The second-order valence-electron chi connectivity index (χ2n) is 6.44. The lowest BCUT2D eigenvalue weighted by Crippen LogP contribution is -2.17. The summed E-state index contributed by atoms with van der Waals surface area (Å²) in [6, 6.07) is 21.6. The van der Waals surface area contributed by atoms with E-state index < -0.39 is 0 Å². The average molecular weight is 348 g/mol. The molecule has 0 saturated heterocycles. The highest BCUT2D eigenvalue weighted by atomic mass is 35.5. The molecule has 0 bridgehead atoms. The van der Waals surface area contributed by atoms with Gasteiger partial charge in [-0.05, 0) is 53.9 Å². The van der Waals surface area contributed by atoms with Crippen molar-refractivity contribution in [2.45, 2.75) is 19.3 Å². The molecule has 124 valence electrons. The Hall–Kier alpha value is -2.58. The summed E-state index contributed by atoms with van der Waals surface area (Å²) in [4.78, 5) is 12.9. The van der Waals surface area contributed by atoms with Gasteiger partial charge in [0, 0.05) is 34.3 Å². The van der Waals surface area contributed by atoms with Crippen LogP contribution < -0.4 is 5.32 Å². The molecule has 0 radical (unpaired) electrons. The molecule has 1 unspecified atom stereocenters. The summed E-state index contributed by atoms with van der Waals surface area (Å²) in [6.07, 6.45) is 0.441. The highest BCUT2D eigenvalue weighted by Gasteiger charge is 2.28. The van der Waals surface area contributed by atoms with Gasteiger partial charge in [-0.25, -0.2) is 0 Å². The van der Waals surface area contributed by atoms with Crippen molar-refractivity contribution in [3.63, 3.8) is 0 Å². The first-order valence-corrected chi connectivity index (χ1v) is 8.75. The Morgan fingerprint density at radius 2 is 1.68 bits per heavy atom. The molecule has 0 aliphatic carbocycles. The largest absolute Gasteiger partial charge is 0.355 e. The molecule has 25 heavy (non-hydrogen) atoms. The number of para-hydroxylation sites is 2. The third-order valence-electron chi connectivity index (χ3n) is 4.83. The molecule has 3 aromatic rings. The van der Waals surface area contributed by atoms with Crippen molar-refractivity contribution in [1.29, 1.82) is 0 Å². The Labute approximate surface area is 152 Å². The fourth-order valence-electron chi connectivity index (χ4n) is 3.53. The molecule has 0 spiro atoms. The SMILES string of the molecule is Cc1cccc2c1Nc1ccccc1C2CC(=O)c1ccc(Cl)cc1. The maximum atomic E-state index is 12.9. The zero-order chi connectivity index (χ0) is 17.4. The van der Waals surface area contributed by atoms with Crippen LogP contribution in [-0.4, -0.2) is 5.78 Å². The predicted molar refractivity (Wildman–Crippen MR) is 103 cm³/mol. The number of anilines is 2. The molecule has 1 aliphatic heterocycles. The van der Waals surface area contributed by atoms with Crippen LogP contribution in [-0.2, 0) is 0 Å². The second-order valence-corrected chi connectivity index (χ2v) is 6.87. The molecule has 0 saturated carbocycles. The van der Waals surface area contributed by atoms with Crippen molar-refractivity contribution in [3.05, 3.63) is 94.0 Å². The number of carbonyl (C=O) groups is 1. The van der Waals surface area contributed by atoms with Crippen molar-refractivity contribution < 1.29 is 4.79 Å². The van der Waals surface area contributed by atoms with Gasteiger partial charge in [-0.15, -0.1) is 0 Å². The first-order valence-electron chi connectivity index (χ1n) is 8.37. The summed E-state index contributed by atoms with van der Waals surface area (Å²) in [5, 5.41) is 4.17. The van der Waals surface area contributed by atoms with E-state index in [9.17, 15) is 4.79 Å². The summed E-state index contributed by atoms with van der Waals surface area (Å²) >= 11 is 5.94. The first kappa shape index (κ1) is 15.9. The molecule has 0 aromatic heterocycles. The number of Topliss-reactive ketones (excluding diaryl/α,β-unsaturated/α-hetero) is 1. The van der Waals surface area contributed by atoms with Gasteiger partial charge in [-0.2, -0.15) is 0 Å². The van der Waals surface area contributed by atoms with Gasteiger partial charge in [0.15, 0.2) is 5.78 Å². The molecule has 1 N–H and O–H groups in total. The number of aryl methyl sites for hydroxylation is 1. The Balaban J connectivity index is 1.75. The maximum absolute atomic E-state index is 12.9. The maximum Gasteiger partial charge on any atom is 0.163 e. The van der Waals surface area contributed by atoms with E-state index in [-0.39, 0.29) is 11.7 Å². The fourth-order valence-corrected chi connectivity index (χ4v) is 3.65. The fraction of sp³-hybridized carbons (Fsp3) is 0.136. The van der Waals surface area contributed by atoms with E-state index in [0.29, 0.717) is 17.0 Å². The van der Waals surface area contributed by atoms with Crippen LogP contribution in [0.3, 0.4) is 0 Å². The lowest BCUT2D eigenvalue weighted by Gasteiger charge is -2.30. The number of ketones is 1. The summed E-state index contributed by atoms with van der Waals surface area (Å²) in [5.41, 5.74) is 6.45. The number of fused-ring (bicyclic) bond motifs is 2. The zero-order valence-electron chi connectivity index (χ0n) is 13.9. The van der Waals surface area contributed by atoms with Crippen molar-refractivity contribution in [2.75, 3.05) is 5.32 Å². The predicted octanol–water partition coefficient (Wildman–Crippen LogP) is 6.11. The van der Waals surface area contributed by atoms with Crippen LogP contribution in [0.1, 0.15) is 39.4 Å². The molecule has 4 rings (SSSR count). The molecule has 0 fully saturated rings. The quantitative estimate of drug-likeness (QED) is 0.579. The van der Waals surface area contributed by atoms with Crippen LogP contribution in [0, 0.1) is 6.92 Å². The number of rotatable bonds is 3. The lowest BCUT2D eigenvalue weighted by atomic mass is 9.81. The normalized spacial score (nSPS) is 15.0. The molecule has 2 nitrogen and oxygen atoms in total. The van der Waals surface area contributed by atoms with E-state index in [1.54, 1.807) is 24.3 Å². The van der Waals surface area contributed by atoms with Crippen molar-refractivity contribution >= 4 is 28.8 Å². The standard InChI is InChI=1S/C22H18ClNO/c1-14-5-4-7-18-19(13-21(25)15-9-11-16(23)12-10-15)17-6-2-3-8-20(17)24-22(14)18/h2-12,19,24H,13H2,1H3. The average Bonchev–Trinajstić information content (AvgIpc) is 2.63. The highest BCUT2D eigenvalue weighted by Crippen LogP contribution is 2.44. The summed E-state index contributed by atoms with van der Waals surface area (Å²) < 4.78 is 0. The van der Waals surface area contributed by atoms with Crippen LogP contribution in [0.4, 0.5) is 11.4 Å². The van der Waals surface area contributed by atoms with E-state index in [4.69, 9.17) is 11.6 Å². The van der Waals surface area contributed by atoms with Gasteiger partial charge in [0.05, 0.1) is 0 Å². The Kier molecular flexibility index (Phi) is 4.06. The Bertz CT molecular complexity index is 946. The van der Waals surface area contributed by atoms with Gasteiger partial charge in [-0.1, -0.05) is 48.0 Å². The van der Waals surface area contributed by atoms with Gasteiger partial charge < -0.3 is 5.32 Å². The number of halogens is 1.